The average Bonchev–Trinajstić information content (AvgIpc) is 2.15. The van der Waals surface area contributed by atoms with Crippen LogP contribution in [0.1, 0.15) is 25.3 Å². The summed E-state index contributed by atoms with van der Waals surface area (Å²) >= 11 is 0. The lowest BCUT2D eigenvalue weighted by Crippen LogP contribution is -1.95. The summed E-state index contributed by atoms with van der Waals surface area (Å²) in [6.45, 7) is 3.70. The molecule has 1 aromatic rings. The Hall–Kier alpha value is -1.26. The Labute approximate surface area is 79.4 Å². The molecule has 0 heterocycles. The van der Waals surface area contributed by atoms with Crippen LogP contribution >= 0.6 is 0 Å². The first-order valence-electron chi connectivity index (χ1n) is 4.44. The van der Waals surface area contributed by atoms with Crippen LogP contribution in [0.5, 0.6) is 0 Å². The molecular formula is C12H14O. The fourth-order valence-electron chi connectivity index (χ4n) is 1.07. The van der Waals surface area contributed by atoms with Crippen molar-refractivity contribution in [2.24, 2.45) is 0 Å². The molecule has 0 fully saturated rings. The minimum atomic E-state index is -0.536. The van der Waals surface area contributed by atoms with E-state index in [2.05, 4.69) is 11.8 Å². The Morgan fingerprint density at radius 1 is 1.08 bits per heavy atom. The molecule has 0 saturated carbocycles. The maximum Gasteiger partial charge on any atom is 0.111 e. The molecule has 1 rings (SSSR count). The van der Waals surface area contributed by atoms with Gasteiger partial charge in [0.15, 0.2) is 0 Å². The van der Waals surface area contributed by atoms with Gasteiger partial charge < -0.3 is 5.11 Å². The summed E-state index contributed by atoms with van der Waals surface area (Å²) in [5.41, 5.74) is 1.19. The van der Waals surface area contributed by atoms with Gasteiger partial charge in [-0.05, 0) is 19.4 Å². The van der Waals surface area contributed by atoms with Crippen LogP contribution < -0.4 is 0 Å². The van der Waals surface area contributed by atoms with Crippen LogP contribution in [0.25, 0.3) is 0 Å². The molecule has 0 amide bonds. The van der Waals surface area contributed by atoms with Gasteiger partial charge in [0.25, 0.3) is 0 Å². The number of aliphatic hydroxyl groups excluding tert-OH is 1. The summed E-state index contributed by atoms with van der Waals surface area (Å²) in [5.74, 6) is 5.94. The third kappa shape index (κ3) is 3.31. The second-order valence-electron chi connectivity index (χ2n) is 3.10. The molecule has 1 nitrogen and oxygen atoms in total. The summed E-state index contributed by atoms with van der Waals surface area (Å²) in [6.07, 6.45) is -0.536. The third-order valence-electron chi connectivity index (χ3n) is 1.81. The molecule has 2 atom stereocenters. The number of hydrogen-bond donors (Lipinski definition) is 1. The van der Waals surface area contributed by atoms with Gasteiger partial charge in [-0.2, -0.15) is 0 Å². The number of hydrogen-bond acceptors (Lipinski definition) is 1. The molecule has 0 aliphatic heterocycles. The second kappa shape index (κ2) is 4.69. The summed E-state index contributed by atoms with van der Waals surface area (Å²) in [7, 11) is 0. The predicted octanol–water partition coefficient (Wildman–Crippen LogP) is 2.17. The predicted molar refractivity (Wildman–Crippen MR) is 54.3 cm³/mol. The summed E-state index contributed by atoms with van der Waals surface area (Å²) in [6, 6.07) is 10.1. The van der Waals surface area contributed by atoms with E-state index in [-0.39, 0.29) is 5.92 Å². The normalized spacial score (nSPS) is 14.1. The SMILES string of the molecule is CC(O)C#CC(C)c1ccccc1. The van der Waals surface area contributed by atoms with Crippen LogP contribution in [-0.2, 0) is 0 Å². The van der Waals surface area contributed by atoms with Crippen molar-refractivity contribution >= 4 is 0 Å². The van der Waals surface area contributed by atoms with E-state index in [9.17, 15) is 0 Å². The summed E-state index contributed by atoms with van der Waals surface area (Å²) in [5, 5.41) is 8.97. The van der Waals surface area contributed by atoms with E-state index in [0.717, 1.165) is 0 Å². The third-order valence-corrected chi connectivity index (χ3v) is 1.81. The highest BCUT2D eigenvalue weighted by atomic mass is 16.3. The van der Waals surface area contributed by atoms with Gasteiger partial charge in [0.05, 0.1) is 0 Å². The quantitative estimate of drug-likeness (QED) is 0.647. The topological polar surface area (TPSA) is 20.2 Å². The van der Waals surface area contributed by atoms with E-state index in [1.54, 1.807) is 6.92 Å². The number of benzene rings is 1. The van der Waals surface area contributed by atoms with Gasteiger partial charge in [-0.3, -0.25) is 0 Å². The minimum Gasteiger partial charge on any atom is -0.381 e. The van der Waals surface area contributed by atoms with Crippen LogP contribution in [0.15, 0.2) is 30.3 Å². The molecule has 0 aliphatic rings. The van der Waals surface area contributed by atoms with Crippen molar-refractivity contribution in [3.8, 4) is 11.8 Å². The van der Waals surface area contributed by atoms with Crippen LogP contribution in [0, 0.1) is 11.8 Å². The zero-order valence-electron chi connectivity index (χ0n) is 7.99. The molecule has 68 valence electrons. The van der Waals surface area contributed by atoms with E-state index in [1.807, 2.05) is 37.3 Å². The van der Waals surface area contributed by atoms with E-state index in [4.69, 9.17) is 5.11 Å². The zero-order chi connectivity index (χ0) is 9.68. The van der Waals surface area contributed by atoms with Crippen LogP contribution in [-0.4, -0.2) is 11.2 Å². The van der Waals surface area contributed by atoms with Crippen molar-refractivity contribution in [1.82, 2.24) is 0 Å². The molecule has 0 aliphatic carbocycles. The van der Waals surface area contributed by atoms with Gasteiger partial charge in [0, 0.05) is 5.92 Å². The molecule has 0 spiro atoms. The second-order valence-corrected chi connectivity index (χ2v) is 3.10. The Balaban J connectivity index is 2.71. The molecule has 0 radical (unpaired) electrons. The lowest BCUT2D eigenvalue weighted by Gasteiger charge is -2.02. The summed E-state index contributed by atoms with van der Waals surface area (Å²) < 4.78 is 0. The fraction of sp³-hybridized carbons (Fsp3) is 0.333. The first kappa shape index (κ1) is 9.83. The standard InChI is InChI=1S/C12H14O/c1-10(8-9-11(2)13)12-6-4-3-5-7-12/h3-7,10-11,13H,1-2H3. The fourth-order valence-corrected chi connectivity index (χ4v) is 1.07. The van der Waals surface area contributed by atoms with E-state index in [1.165, 1.54) is 5.56 Å². The molecular weight excluding hydrogens is 160 g/mol. The highest BCUT2D eigenvalue weighted by Gasteiger charge is 1.99. The lowest BCUT2D eigenvalue weighted by molar-refractivity contribution is 0.253. The van der Waals surface area contributed by atoms with Crippen LogP contribution in [0.4, 0.5) is 0 Å². The summed E-state index contributed by atoms with van der Waals surface area (Å²) in [4.78, 5) is 0. The first-order chi connectivity index (χ1) is 6.20. The van der Waals surface area contributed by atoms with E-state index in [0.29, 0.717) is 0 Å². The van der Waals surface area contributed by atoms with Crippen LogP contribution in [0.2, 0.25) is 0 Å². The van der Waals surface area contributed by atoms with Crippen molar-refractivity contribution in [3.63, 3.8) is 0 Å². The van der Waals surface area contributed by atoms with Gasteiger partial charge in [-0.25, -0.2) is 0 Å². The average molecular weight is 174 g/mol. The monoisotopic (exact) mass is 174 g/mol. The van der Waals surface area contributed by atoms with Gasteiger partial charge >= 0.3 is 0 Å². The van der Waals surface area contributed by atoms with Crippen molar-refractivity contribution in [3.05, 3.63) is 35.9 Å². The highest BCUT2D eigenvalue weighted by molar-refractivity contribution is 5.27. The number of rotatable bonds is 1. The molecule has 0 saturated heterocycles. The van der Waals surface area contributed by atoms with E-state index >= 15 is 0 Å². The van der Waals surface area contributed by atoms with Gasteiger partial charge in [-0.1, -0.05) is 42.2 Å². The molecule has 0 aromatic heterocycles. The van der Waals surface area contributed by atoms with Crippen molar-refractivity contribution in [2.45, 2.75) is 25.9 Å². The molecule has 1 N–H and O–H groups in total. The zero-order valence-corrected chi connectivity index (χ0v) is 7.99. The molecule has 1 aromatic carbocycles. The van der Waals surface area contributed by atoms with Crippen molar-refractivity contribution in [1.29, 1.82) is 0 Å². The van der Waals surface area contributed by atoms with Gasteiger partial charge in [0.2, 0.25) is 0 Å². The number of aliphatic hydroxyl groups is 1. The molecule has 2 unspecified atom stereocenters. The van der Waals surface area contributed by atoms with E-state index < -0.39 is 6.10 Å². The highest BCUT2D eigenvalue weighted by Crippen LogP contribution is 2.12. The first-order valence-corrected chi connectivity index (χ1v) is 4.44. The van der Waals surface area contributed by atoms with Gasteiger partial charge in [-0.15, -0.1) is 0 Å². The largest absolute Gasteiger partial charge is 0.381 e. The molecule has 0 bridgehead atoms. The molecule has 1 heteroatoms. The Bertz CT molecular complexity index is 303. The lowest BCUT2D eigenvalue weighted by atomic mass is 10.0. The Morgan fingerprint density at radius 2 is 1.69 bits per heavy atom. The van der Waals surface area contributed by atoms with Crippen molar-refractivity contribution in [2.75, 3.05) is 0 Å². The van der Waals surface area contributed by atoms with Crippen LogP contribution in [0.3, 0.4) is 0 Å². The minimum absolute atomic E-state index is 0.191. The Morgan fingerprint density at radius 3 is 2.23 bits per heavy atom. The van der Waals surface area contributed by atoms with Gasteiger partial charge in [0.1, 0.15) is 6.10 Å². The smallest absolute Gasteiger partial charge is 0.111 e. The maximum atomic E-state index is 8.97. The van der Waals surface area contributed by atoms with Crippen molar-refractivity contribution < 1.29 is 5.11 Å². The Kier molecular flexibility index (Phi) is 3.54. The maximum absolute atomic E-state index is 8.97. The molecule has 13 heavy (non-hydrogen) atoms.